The molecule has 0 aliphatic carbocycles. The van der Waals surface area contributed by atoms with Gasteiger partial charge in [-0.1, -0.05) is 0 Å². The fraction of sp³-hybridized carbons (Fsp3) is 0.500. The summed E-state index contributed by atoms with van der Waals surface area (Å²) in [6, 6.07) is 7.23. The minimum atomic E-state index is -0.0349. The fourth-order valence-corrected chi connectivity index (χ4v) is 1.49. The molecule has 100 valence electrons. The minimum absolute atomic E-state index is 0.0349. The van der Waals surface area contributed by atoms with Crippen molar-refractivity contribution >= 4 is 5.91 Å². The van der Waals surface area contributed by atoms with Gasteiger partial charge in [-0.3, -0.25) is 4.79 Å². The third kappa shape index (κ3) is 5.19. The average Bonchev–Trinajstić information content (AvgIpc) is 2.28. The van der Waals surface area contributed by atoms with Crippen LogP contribution in [0.4, 0.5) is 0 Å². The zero-order valence-electron chi connectivity index (χ0n) is 11.6. The molecule has 0 heterocycles. The third-order valence-corrected chi connectivity index (χ3v) is 2.40. The van der Waals surface area contributed by atoms with E-state index in [0.717, 1.165) is 12.3 Å². The van der Waals surface area contributed by atoms with Crippen molar-refractivity contribution in [3.63, 3.8) is 0 Å². The Labute approximate surface area is 109 Å². The van der Waals surface area contributed by atoms with E-state index in [4.69, 9.17) is 4.74 Å². The number of carbonyl (C=O) groups is 1. The maximum Gasteiger partial charge on any atom is 0.251 e. The van der Waals surface area contributed by atoms with E-state index >= 15 is 0 Å². The van der Waals surface area contributed by atoms with E-state index in [-0.39, 0.29) is 12.0 Å². The van der Waals surface area contributed by atoms with Crippen molar-refractivity contribution in [1.82, 2.24) is 5.32 Å². The summed E-state index contributed by atoms with van der Waals surface area (Å²) in [5.41, 5.74) is 0.667. The maximum absolute atomic E-state index is 11.8. The summed E-state index contributed by atoms with van der Waals surface area (Å²) in [6.45, 7) is 5.56. The van der Waals surface area contributed by atoms with Crippen molar-refractivity contribution in [2.45, 2.75) is 20.0 Å². The van der Waals surface area contributed by atoms with Gasteiger partial charge in [-0.25, -0.2) is 0 Å². The number of hydrogen-bond donors (Lipinski definition) is 2. The number of benzene rings is 1. The SMILES string of the molecule is CC(C)Oc1ccc(C(=O)NCC[NH+](C)C)cc1. The van der Waals surface area contributed by atoms with Crippen LogP contribution in [-0.2, 0) is 0 Å². The van der Waals surface area contributed by atoms with Gasteiger partial charge in [0.05, 0.1) is 33.3 Å². The summed E-state index contributed by atoms with van der Waals surface area (Å²) in [4.78, 5) is 13.1. The van der Waals surface area contributed by atoms with Gasteiger partial charge >= 0.3 is 0 Å². The summed E-state index contributed by atoms with van der Waals surface area (Å²) in [5, 5.41) is 2.89. The first-order valence-corrected chi connectivity index (χ1v) is 6.33. The van der Waals surface area contributed by atoms with Crippen molar-refractivity contribution < 1.29 is 14.4 Å². The molecule has 0 aliphatic rings. The van der Waals surface area contributed by atoms with Crippen molar-refractivity contribution in [1.29, 1.82) is 0 Å². The lowest BCUT2D eigenvalue weighted by Gasteiger charge is -2.11. The second kappa shape index (κ2) is 7.01. The molecule has 1 amide bonds. The van der Waals surface area contributed by atoms with Crippen LogP contribution >= 0.6 is 0 Å². The molecule has 18 heavy (non-hydrogen) atoms. The van der Waals surface area contributed by atoms with E-state index in [1.807, 2.05) is 26.0 Å². The summed E-state index contributed by atoms with van der Waals surface area (Å²) in [6.07, 6.45) is 0.146. The quantitative estimate of drug-likeness (QED) is 0.766. The van der Waals surface area contributed by atoms with Crippen LogP contribution in [0, 0.1) is 0 Å². The molecule has 2 N–H and O–H groups in total. The van der Waals surface area contributed by atoms with Crippen LogP contribution < -0.4 is 15.0 Å². The van der Waals surface area contributed by atoms with E-state index < -0.39 is 0 Å². The Balaban J connectivity index is 2.48. The Morgan fingerprint density at radius 3 is 2.39 bits per heavy atom. The first-order valence-electron chi connectivity index (χ1n) is 6.33. The average molecular weight is 251 g/mol. The Hall–Kier alpha value is -1.55. The fourth-order valence-electron chi connectivity index (χ4n) is 1.49. The van der Waals surface area contributed by atoms with Crippen LogP contribution in [0.5, 0.6) is 5.75 Å². The van der Waals surface area contributed by atoms with Gasteiger partial charge in [-0.05, 0) is 38.1 Å². The first kappa shape index (κ1) is 14.5. The van der Waals surface area contributed by atoms with Crippen LogP contribution in [0.2, 0.25) is 0 Å². The number of hydrogen-bond acceptors (Lipinski definition) is 2. The molecular formula is C14H23N2O2+. The molecule has 0 aliphatic heterocycles. The normalized spacial score (nSPS) is 10.8. The number of amides is 1. The summed E-state index contributed by atoms with van der Waals surface area (Å²) in [7, 11) is 4.12. The topological polar surface area (TPSA) is 42.8 Å². The first-order chi connectivity index (χ1) is 8.49. The monoisotopic (exact) mass is 251 g/mol. The highest BCUT2D eigenvalue weighted by atomic mass is 16.5. The highest BCUT2D eigenvalue weighted by molar-refractivity contribution is 5.94. The molecule has 0 spiro atoms. The number of ether oxygens (including phenoxy) is 1. The number of carbonyl (C=O) groups excluding carboxylic acids is 1. The highest BCUT2D eigenvalue weighted by Gasteiger charge is 2.06. The third-order valence-electron chi connectivity index (χ3n) is 2.40. The van der Waals surface area contributed by atoms with Crippen molar-refractivity contribution in [3.8, 4) is 5.75 Å². The molecule has 4 nitrogen and oxygen atoms in total. The van der Waals surface area contributed by atoms with Gasteiger partial charge < -0.3 is 15.0 Å². The number of quaternary nitrogens is 1. The molecule has 0 atom stereocenters. The number of rotatable bonds is 6. The van der Waals surface area contributed by atoms with E-state index in [1.54, 1.807) is 12.1 Å². The van der Waals surface area contributed by atoms with Gasteiger partial charge in [0.2, 0.25) is 0 Å². The second-order valence-electron chi connectivity index (χ2n) is 4.90. The summed E-state index contributed by atoms with van der Waals surface area (Å²) < 4.78 is 5.53. The van der Waals surface area contributed by atoms with E-state index in [9.17, 15) is 4.79 Å². The van der Waals surface area contributed by atoms with Crippen LogP contribution in [0.25, 0.3) is 0 Å². The number of nitrogens with one attached hydrogen (secondary N) is 2. The molecule has 0 saturated carbocycles. The minimum Gasteiger partial charge on any atom is -0.491 e. The van der Waals surface area contributed by atoms with Gasteiger partial charge in [0.15, 0.2) is 0 Å². The van der Waals surface area contributed by atoms with Gasteiger partial charge in [0.25, 0.3) is 5.91 Å². The molecule has 4 heteroatoms. The molecule has 1 aromatic rings. The predicted molar refractivity (Wildman–Crippen MR) is 72.2 cm³/mol. The van der Waals surface area contributed by atoms with Crippen molar-refractivity contribution in [2.24, 2.45) is 0 Å². The Bertz CT molecular complexity index is 372. The van der Waals surface area contributed by atoms with Crippen LogP contribution in [0.1, 0.15) is 24.2 Å². The van der Waals surface area contributed by atoms with Gasteiger partial charge in [0, 0.05) is 5.56 Å². The second-order valence-corrected chi connectivity index (χ2v) is 4.90. The van der Waals surface area contributed by atoms with Gasteiger partial charge in [0.1, 0.15) is 5.75 Å². The lowest BCUT2D eigenvalue weighted by molar-refractivity contribution is -0.856. The van der Waals surface area contributed by atoms with E-state index in [0.29, 0.717) is 12.1 Å². The zero-order valence-corrected chi connectivity index (χ0v) is 11.6. The lowest BCUT2D eigenvalue weighted by atomic mass is 10.2. The largest absolute Gasteiger partial charge is 0.491 e. The summed E-state index contributed by atoms with van der Waals surface area (Å²) in [5.74, 6) is 0.756. The molecular weight excluding hydrogens is 228 g/mol. The molecule has 0 radical (unpaired) electrons. The van der Waals surface area contributed by atoms with Gasteiger partial charge in [-0.2, -0.15) is 0 Å². The molecule has 0 fully saturated rings. The molecule has 1 aromatic carbocycles. The molecule has 0 saturated heterocycles. The lowest BCUT2D eigenvalue weighted by Crippen LogP contribution is -3.06. The number of likely N-dealkylation sites (N-methyl/N-ethyl adjacent to an activating group) is 1. The predicted octanol–water partition coefficient (Wildman–Crippen LogP) is 0.348. The Morgan fingerprint density at radius 1 is 1.28 bits per heavy atom. The molecule has 0 bridgehead atoms. The highest BCUT2D eigenvalue weighted by Crippen LogP contribution is 2.13. The smallest absolute Gasteiger partial charge is 0.251 e. The van der Waals surface area contributed by atoms with Gasteiger partial charge in [-0.15, -0.1) is 0 Å². The Kier molecular flexibility index (Phi) is 5.65. The van der Waals surface area contributed by atoms with Crippen LogP contribution in [-0.4, -0.2) is 39.2 Å². The Morgan fingerprint density at radius 2 is 1.89 bits per heavy atom. The standard InChI is InChI=1S/C14H22N2O2/c1-11(2)18-13-7-5-12(6-8-13)14(17)15-9-10-16(3)4/h5-8,11H,9-10H2,1-4H3,(H,15,17)/p+1. The maximum atomic E-state index is 11.8. The zero-order chi connectivity index (χ0) is 13.5. The van der Waals surface area contributed by atoms with Crippen LogP contribution in [0.15, 0.2) is 24.3 Å². The van der Waals surface area contributed by atoms with Crippen molar-refractivity contribution in [3.05, 3.63) is 29.8 Å². The van der Waals surface area contributed by atoms with Crippen molar-refractivity contribution in [2.75, 3.05) is 27.2 Å². The molecule has 1 rings (SSSR count). The molecule has 0 aromatic heterocycles. The van der Waals surface area contributed by atoms with Crippen LogP contribution in [0.3, 0.4) is 0 Å². The summed E-state index contributed by atoms with van der Waals surface area (Å²) >= 11 is 0. The van der Waals surface area contributed by atoms with E-state index in [2.05, 4.69) is 19.4 Å². The molecule has 0 unspecified atom stereocenters. The van der Waals surface area contributed by atoms with E-state index in [1.165, 1.54) is 4.90 Å².